The second kappa shape index (κ2) is 12.6. The van der Waals surface area contributed by atoms with Crippen LogP contribution in [0.5, 0.6) is 0 Å². The van der Waals surface area contributed by atoms with Crippen LogP contribution in [-0.2, 0) is 20.7 Å². The Bertz CT molecular complexity index is 1690. The number of aromatic nitrogens is 1. The number of carbonyl (C=O) groups is 2. The van der Waals surface area contributed by atoms with E-state index in [2.05, 4.69) is 10.0 Å². The van der Waals surface area contributed by atoms with Gasteiger partial charge in [-0.2, -0.15) is 8.78 Å². The average Bonchev–Trinajstić information content (AvgIpc) is 2.96. The highest BCUT2D eigenvalue weighted by Crippen LogP contribution is 2.48. The quantitative estimate of drug-likeness (QED) is 0.240. The van der Waals surface area contributed by atoms with Crippen LogP contribution in [0.25, 0.3) is 0 Å². The van der Waals surface area contributed by atoms with Gasteiger partial charge in [-0.3, -0.25) is 14.8 Å². The molecule has 9 nitrogen and oxygen atoms in total. The summed E-state index contributed by atoms with van der Waals surface area (Å²) in [6.45, 7) is -1.15. The molecule has 0 unspecified atom stereocenters. The number of alkyl halides is 2. The van der Waals surface area contributed by atoms with Crippen molar-refractivity contribution in [3.63, 3.8) is 0 Å². The topological polar surface area (TPSA) is 120 Å². The molecule has 1 aliphatic heterocycles. The smallest absolute Gasteiger partial charge is 0.349 e. The van der Waals surface area contributed by atoms with Crippen molar-refractivity contribution < 1.29 is 36.7 Å². The summed E-state index contributed by atoms with van der Waals surface area (Å²) in [7, 11) is -3.67. The lowest BCUT2D eigenvalue weighted by Gasteiger charge is -2.49. The molecule has 3 N–H and O–H groups in total. The number of nitrogens with zero attached hydrogens (tertiary/aromatic N) is 2. The highest BCUT2D eigenvalue weighted by atomic mass is 35.5. The van der Waals surface area contributed by atoms with Gasteiger partial charge in [0.2, 0.25) is 22.1 Å². The molecule has 44 heavy (non-hydrogen) atoms. The monoisotopic (exact) mass is 667 g/mol. The van der Waals surface area contributed by atoms with Crippen molar-refractivity contribution in [1.82, 2.24) is 14.9 Å². The summed E-state index contributed by atoms with van der Waals surface area (Å²) in [5.74, 6) is -6.12. The molecule has 2 amide bonds. The Morgan fingerprint density at radius 3 is 2.48 bits per heavy atom. The van der Waals surface area contributed by atoms with E-state index in [1.165, 1.54) is 23.1 Å². The van der Waals surface area contributed by atoms with Gasteiger partial charge in [0.1, 0.15) is 0 Å². The lowest BCUT2D eigenvalue weighted by Crippen LogP contribution is -2.59. The van der Waals surface area contributed by atoms with Crippen LogP contribution in [-0.4, -0.2) is 55.2 Å². The van der Waals surface area contributed by atoms with E-state index >= 15 is 8.78 Å². The molecule has 5 rings (SSSR count). The van der Waals surface area contributed by atoms with E-state index in [9.17, 15) is 23.2 Å². The van der Waals surface area contributed by atoms with Crippen LogP contribution in [0.3, 0.4) is 0 Å². The Morgan fingerprint density at radius 1 is 1.07 bits per heavy atom. The molecule has 2 aliphatic rings. The summed E-state index contributed by atoms with van der Waals surface area (Å²) in [4.78, 5) is 29.9. The minimum absolute atomic E-state index is 0.150. The second-order valence-corrected chi connectivity index (χ2v) is 13.7. The predicted octanol–water partition coefficient (Wildman–Crippen LogP) is 4.57. The van der Waals surface area contributed by atoms with E-state index in [1.807, 2.05) is 0 Å². The molecule has 0 bridgehead atoms. The first kappa shape index (κ1) is 32.1. The number of fused-ring (bicyclic) bond motifs is 1. The molecular weight excluding hydrogens is 637 g/mol. The molecule has 1 saturated carbocycles. The molecule has 0 radical (unpaired) electrons. The Balaban J connectivity index is 1.63. The molecule has 2 aromatic carbocycles. The molecule has 234 valence electrons. The van der Waals surface area contributed by atoms with Gasteiger partial charge in [0, 0.05) is 44.6 Å². The fraction of sp³-hybridized carbons (Fsp3) is 0.367. The average molecular weight is 669 g/mol. The lowest BCUT2D eigenvalue weighted by atomic mass is 9.76. The summed E-state index contributed by atoms with van der Waals surface area (Å²) in [5, 5.41) is 12.8. The first-order valence-corrected chi connectivity index (χ1v) is 16.6. The first-order chi connectivity index (χ1) is 20.8. The van der Waals surface area contributed by atoms with Gasteiger partial charge in [-0.05, 0) is 48.2 Å². The maximum Gasteiger partial charge on any atom is 0.351 e. The van der Waals surface area contributed by atoms with Crippen LogP contribution in [0.15, 0.2) is 66.9 Å². The van der Waals surface area contributed by atoms with Gasteiger partial charge in [0.25, 0.3) is 5.91 Å². The number of hydrogen-bond acceptors (Lipinski definition) is 5. The number of hydrogen-bond donors (Lipinski definition) is 3. The molecule has 1 aromatic heterocycles. The number of sulfonamides is 1. The van der Waals surface area contributed by atoms with Crippen molar-refractivity contribution in [2.75, 3.05) is 12.8 Å². The van der Waals surface area contributed by atoms with Crippen LogP contribution in [0.1, 0.15) is 64.8 Å². The van der Waals surface area contributed by atoms with E-state index in [4.69, 9.17) is 23.2 Å². The van der Waals surface area contributed by atoms with Crippen molar-refractivity contribution in [3.8, 4) is 0 Å². The number of amides is 2. The summed E-state index contributed by atoms with van der Waals surface area (Å²) < 4.78 is 58.1. The van der Waals surface area contributed by atoms with Crippen LogP contribution in [0.4, 0.5) is 8.78 Å². The molecule has 4 atom stereocenters. The van der Waals surface area contributed by atoms with Crippen LogP contribution < -0.4 is 14.8 Å². The zero-order valence-electron chi connectivity index (χ0n) is 23.6. The maximum absolute atomic E-state index is 15.2. The first-order valence-electron chi connectivity index (χ1n) is 14.0. The third-order valence-corrected chi connectivity index (χ3v) is 9.38. The van der Waals surface area contributed by atoms with Gasteiger partial charge in [0.05, 0.1) is 24.8 Å². The highest BCUT2D eigenvalue weighted by molar-refractivity contribution is 7.88. The zero-order valence-corrected chi connectivity index (χ0v) is 25.9. The van der Waals surface area contributed by atoms with Gasteiger partial charge in [-0.25, -0.2) is 13.1 Å². The molecule has 3 aromatic rings. The predicted molar refractivity (Wildman–Crippen MR) is 159 cm³/mol. The Labute approximate surface area is 263 Å². The van der Waals surface area contributed by atoms with Crippen molar-refractivity contribution in [3.05, 3.63) is 99.3 Å². The van der Waals surface area contributed by atoms with Crippen molar-refractivity contribution in [1.29, 1.82) is 0 Å². The fourth-order valence-electron chi connectivity index (χ4n) is 6.25. The number of nitrogens with one attached hydrogen (secondary N) is 2. The molecule has 2 heterocycles. The number of pyridine rings is 1. The van der Waals surface area contributed by atoms with Crippen LogP contribution in [0.2, 0.25) is 10.0 Å². The summed E-state index contributed by atoms with van der Waals surface area (Å²) >= 11 is 12.9. The summed E-state index contributed by atoms with van der Waals surface area (Å²) in [6.07, 6.45) is 4.39. The second-order valence-electron chi connectivity index (χ2n) is 11.1. The number of rotatable bonds is 8. The van der Waals surface area contributed by atoms with Crippen LogP contribution >= 0.6 is 23.2 Å². The molecule has 1 aliphatic carbocycles. The molecular formula is C30H31Cl2F2N4O5S+. The number of halogens is 4. The van der Waals surface area contributed by atoms with E-state index in [0.29, 0.717) is 35.4 Å². The van der Waals surface area contributed by atoms with Crippen molar-refractivity contribution >= 4 is 45.0 Å². The third kappa shape index (κ3) is 6.53. The Morgan fingerprint density at radius 2 is 1.77 bits per heavy atom. The molecule has 14 heteroatoms. The Hall–Kier alpha value is -3.32. The number of carbonyl (C=O) groups excluding carboxylic acids is 2. The van der Waals surface area contributed by atoms with Gasteiger partial charge in [-0.1, -0.05) is 60.3 Å². The van der Waals surface area contributed by atoms with Crippen molar-refractivity contribution in [2.24, 2.45) is 0 Å². The highest BCUT2D eigenvalue weighted by Gasteiger charge is 2.50. The van der Waals surface area contributed by atoms with E-state index in [1.54, 1.807) is 36.4 Å². The lowest BCUT2D eigenvalue weighted by molar-refractivity contribution is -0.913. The van der Waals surface area contributed by atoms with E-state index < -0.39 is 64.0 Å². The fourth-order valence-corrected chi connectivity index (χ4v) is 7.60. The largest absolute Gasteiger partial charge is 0.351 e. The standard InChI is InChI=1S/C30H30Cl2F2N4O5S/c1-44(42,43)36-23-10-4-5-11-24(23)38-27(21-14-13-18(31)16-22(21)32)26(19-8-2-3-9-20(19)29(38)40)28(39)35-17-30(33,34)25-12-6-7-15-37(25)41/h2-3,6-9,12-16,23-24,26-27,36H,4-5,10-11,17H2,1H3,(H-,35,39,41)/p+1/t23-,24-,26+,27-/m0/s1. The normalized spacial score (nSPS) is 22.4. The maximum atomic E-state index is 15.2. The van der Waals surface area contributed by atoms with E-state index in [0.717, 1.165) is 24.9 Å². The van der Waals surface area contributed by atoms with Gasteiger partial charge < -0.3 is 10.2 Å². The van der Waals surface area contributed by atoms with E-state index in [-0.39, 0.29) is 15.3 Å². The molecule has 0 spiro atoms. The third-order valence-electron chi connectivity index (χ3n) is 8.09. The van der Waals surface area contributed by atoms with Crippen molar-refractivity contribution in [2.45, 2.75) is 55.6 Å². The van der Waals surface area contributed by atoms with Gasteiger partial charge in [-0.15, -0.1) is 0 Å². The zero-order chi connectivity index (χ0) is 31.8. The minimum atomic E-state index is -3.67. The van der Waals surface area contributed by atoms with Gasteiger partial charge >= 0.3 is 11.6 Å². The summed E-state index contributed by atoms with van der Waals surface area (Å²) in [6, 6.07) is 12.3. The number of benzene rings is 2. The SMILES string of the molecule is CS(=O)(=O)N[C@H]1CCCC[C@@H]1N1C(=O)c2ccccc2[C@@H](C(=O)NCC(F)(F)c2cccc[n+]2O)[C@@H]1c1ccc(Cl)cc1Cl. The van der Waals surface area contributed by atoms with Gasteiger partial charge in [0.15, 0.2) is 0 Å². The summed E-state index contributed by atoms with van der Waals surface area (Å²) in [5.41, 5.74) is 0.132. The molecule has 1 fully saturated rings. The minimum Gasteiger partial charge on any atom is -0.349 e. The Kier molecular flexibility index (Phi) is 9.18. The van der Waals surface area contributed by atoms with Crippen LogP contribution in [0, 0.1) is 0 Å². The molecule has 0 saturated heterocycles.